The fourth-order valence-corrected chi connectivity index (χ4v) is 2.26. The first-order valence-corrected chi connectivity index (χ1v) is 6.27. The van der Waals surface area contributed by atoms with E-state index in [-0.39, 0.29) is 11.7 Å². The van der Waals surface area contributed by atoms with Gasteiger partial charge in [0.15, 0.2) is 0 Å². The van der Waals surface area contributed by atoms with Crippen LogP contribution >= 0.6 is 0 Å². The zero-order chi connectivity index (χ0) is 13.2. The molecule has 2 N–H and O–H groups in total. The molecule has 1 unspecified atom stereocenters. The van der Waals surface area contributed by atoms with Crippen LogP contribution in [0.3, 0.4) is 0 Å². The Hall–Kier alpha value is -2.30. The number of nitrogens with zero attached hydrogens (tertiary/aromatic N) is 1. The second kappa shape index (κ2) is 4.76. The van der Waals surface area contributed by atoms with Gasteiger partial charge in [0.25, 0.3) is 5.56 Å². The normalized spacial score (nSPS) is 16.8. The Morgan fingerprint density at radius 3 is 3.11 bits per heavy atom. The average Bonchev–Trinajstić information content (AvgIpc) is 2.78. The van der Waals surface area contributed by atoms with E-state index in [1.165, 1.54) is 11.6 Å². The lowest BCUT2D eigenvalue weighted by Crippen LogP contribution is -2.25. The van der Waals surface area contributed by atoms with Gasteiger partial charge >= 0.3 is 0 Å². The zero-order valence-corrected chi connectivity index (χ0v) is 10.6. The van der Waals surface area contributed by atoms with Crippen molar-refractivity contribution in [2.24, 2.45) is 0 Å². The quantitative estimate of drug-likeness (QED) is 0.874. The van der Waals surface area contributed by atoms with E-state index in [4.69, 9.17) is 4.74 Å². The summed E-state index contributed by atoms with van der Waals surface area (Å²) in [5.41, 5.74) is 1.08. The van der Waals surface area contributed by atoms with Gasteiger partial charge in [-0.1, -0.05) is 18.2 Å². The van der Waals surface area contributed by atoms with Gasteiger partial charge in [-0.05, 0) is 18.6 Å². The minimum Gasteiger partial charge on any atom is -0.488 e. The largest absolute Gasteiger partial charge is 0.488 e. The van der Waals surface area contributed by atoms with Crippen molar-refractivity contribution in [3.05, 3.63) is 52.1 Å². The molecule has 3 rings (SSSR count). The van der Waals surface area contributed by atoms with Gasteiger partial charge in [-0.2, -0.15) is 0 Å². The van der Waals surface area contributed by atoms with Crippen molar-refractivity contribution >= 4 is 5.82 Å². The number of hydrogen-bond acceptors (Lipinski definition) is 4. The van der Waals surface area contributed by atoms with Crippen LogP contribution in [0.15, 0.2) is 35.1 Å². The number of nitrogens with one attached hydrogen (secondary N) is 2. The number of hydrogen-bond donors (Lipinski definition) is 2. The van der Waals surface area contributed by atoms with E-state index >= 15 is 0 Å². The lowest BCUT2D eigenvalue weighted by atomic mass is 10.1. The van der Waals surface area contributed by atoms with E-state index < -0.39 is 0 Å². The molecule has 2 aromatic rings. The Balaban J connectivity index is 1.64. The summed E-state index contributed by atoms with van der Waals surface area (Å²) in [4.78, 5) is 18.2. The molecule has 0 saturated carbocycles. The highest BCUT2D eigenvalue weighted by Crippen LogP contribution is 2.27. The molecule has 2 heterocycles. The predicted octanol–water partition coefficient (Wildman–Crippen LogP) is 1.49. The highest BCUT2D eigenvalue weighted by Gasteiger charge is 2.21. The highest BCUT2D eigenvalue weighted by molar-refractivity contribution is 5.39. The maximum absolute atomic E-state index is 11.3. The number of rotatable bonds is 3. The first-order chi connectivity index (χ1) is 9.20. The Morgan fingerprint density at radius 1 is 1.47 bits per heavy atom. The van der Waals surface area contributed by atoms with Gasteiger partial charge in [0, 0.05) is 12.5 Å². The van der Waals surface area contributed by atoms with Gasteiger partial charge in [-0.15, -0.1) is 0 Å². The number of anilines is 1. The molecule has 0 spiro atoms. The third kappa shape index (κ3) is 2.59. The van der Waals surface area contributed by atoms with Gasteiger partial charge in [-0.3, -0.25) is 4.79 Å². The summed E-state index contributed by atoms with van der Waals surface area (Å²) in [7, 11) is 0. The van der Waals surface area contributed by atoms with Crippen molar-refractivity contribution in [3.8, 4) is 5.75 Å². The molecule has 0 saturated heterocycles. The Morgan fingerprint density at radius 2 is 2.32 bits per heavy atom. The van der Waals surface area contributed by atoms with Crippen LogP contribution in [0.5, 0.6) is 5.75 Å². The highest BCUT2D eigenvalue weighted by atomic mass is 16.5. The Kier molecular flexibility index (Phi) is 2.95. The van der Waals surface area contributed by atoms with Crippen LogP contribution < -0.4 is 15.6 Å². The first kappa shape index (κ1) is 11.8. The fraction of sp³-hybridized carbons (Fsp3) is 0.286. The maximum Gasteiger partial charge on any atom is 0.252 e. The van der Waals surface area contributed by atoms with Gasteiger partial charge in [0.2, 0.25) is 0 Å². The molecule has 0 bridgehead atoms. The van der Waals surface area contributed by atoms with Crippen LogP contribution in [0, 0.1) is 6.92 Å². The molecular formula is C14H15N3O2. The second-order valence-corrected chi connectivity index (χ2v) is 4.65. The summed E-state index contributed by atoms with van der Waals surface area (Å²) in [5, 5.41) is 3.15. The number of aromatic nitrogens is 2. The van der Waals surface area contributed by atoms with E-state index in [0.717, 1.165) is 12.2 Å². The number of fused-ring (bicyclic) bond motifs is 1. The third-order valence-electron chi connectivity index (χ3n) is 3.08. The average molecular weight is 257 g/mol. The molecule has 0 fully saturated rings. The van der Waals surface area contributed by atoms with Crippen molar-refractivity contribution < 1.29 is 4.74 Å². The summed E-state index contributed by atoms with van der Waals surface area (Å²) < 4.78 is 5.81. The van der Waals surface area contributed by atoms with Gasteiger partial charge in [0.1, 0.15) is 23.5 Å². The minimum atomic E-state index is -0.148. The summed E-state index contributed by atoms with van der Waals surface area (Å²) in [6, 6.07) is 9.49. The van der Waals surface area contributed by atoms with Crippen molar-refractivity contribution in [3.63, 3.8) is 0 Å². The van der Waals surface area contributed by atoms with Gasteiger partial charge in [-0.25, -0.2) is 4.98 Å². The fourth-order valence-electron chi connectivity index (χ4n) is 2.26. The van der Waals surface area contributed by atoms with Crippen LogP contribution in [-0.4, -0.2) is 22.6 Å². The van der Waals surface area contributed by atoms with Crippen molar-refractivity contribution in [2.45, 2.75) is 19.4 Å². The number of ether oxygens (including phenoxy) is 1. The first-order valence-electron chi connectivity index (χ1n) is 6.27. The number of para-hydroxylation sites is 1. The second-order valence-electron chi connectivity index (χ2n) is 4.65. The molecule has 1 aromatic carbocycles. The van der Waals surface area contributed by atoms with Crippen molar-refractivity contribution in [1.29, 1.82) is 0 Å². The molecule has 1 aliphatic heterocycles. The maximum atomic E-state index is 11.3. The summed E-state index contributed by atoms with van der Waals surface area (Å²) in [5.74, 6) is 2.13. The number of H-pyrrole nitrogens is 1. The number of aryl methyl sites for hydroxylation is 1. The zero-order valence-electron chi connectivity index (χ0n) is 10.6. The molecule has 5 nitrogen and oxygen atoms in total. The van der Waals surface area contributed by atoms with Gasteiger partial charge < -0.3 is 15.0 Å². The number of benzene rings is 1. The summed E-state index contributed by atoms with van der Waals surface area (Å²) in [6.07, 6.45) is 0.963. The van der Waals surface area contributed by atoms with Crippen LogP contribution in [0.4, 0.5) is 5.82 Å². The molecular weight excluding hydrogens is 242 g/mol. The topological polar surface area (TPSA) is 67.0 Å². The Labute approximate surface area is 110 Å². The lowest BCUT2D eigenvalue weighted by molar-refractivity contribution is 0.246. The molecule has 1 atom stereocenters. The van der Waals surface area contributed by atoms with E-state index in [1.807, 2.05) is 18.2 Å². The minimum absolute atomic E-state index is 0.0822. The lowest BCUT2D eigenvalue weighted by Gasteiger charge is -2.12. The van der Waals surface area contributed by atoms with E-state index in [0.29, 0.717) is 18.2 Å². The molecule has 19 heavy (non-hydrogen) atoms. The predicted molar refractivity (Wildman–Crippen MR) is 72.6 cm³/mol. The standard InChI is InChI=1S/C14H15N3O2/c1-9-16-13(7-14(18)17-9)15-8-11-6-10-4-2-3-5-12(10)19-11/h2-5,7,11H,6,8H2,1H3,(H2,15,16,17,18). The smallest absolute Gasteiger partial charge is 0.252 e. The monoisotopic (exact) mass is 257 g/mol. The van der Waals surface area contributed by atoms with Crippen LogP contribution in [0.1, 0.15) is 11.4 Å². The molecule has 0 radical (unpaired) electrons. The molecule has 1 aromatic heterocycles. The van der Waals surface area contributed by atoms with Crippen LogP contribution in [0.25, 0.3) is 0 Å². The van der Waals surface area contributed by atoms with Crippen LogP contribution in [-0.2, 0) is 6.42 Å². The van der Waals surface area contributed by atoms with Gasteiger partial charge in [0.05, 0.1) is 6.54 Å². The summed E-state index contributed by atoms with van der Waals surface area (Å²) in [6.45, 7) is 2.39. The van der Waals surface area contributed by atoms with Crippen molar-refractivity contribution in [1.82, 2.24) is 9.97 Å². The molecule has 5 heteroatoms. The number of aromatic amines is 1. The van der Waals surface area contributed by atoms with E-state index in [2.05, 4.69) is 21.4 Å². The molecule has 0 amide bonds. The Bertz CT molecular complexity index is 626. The van der Waals surface area contributed by atoms with Crippen LogP contribution in [0.2, 0.25) is 0 Å². The third-order valence-corrected chi connectivity index (χ3v) is 3.08. The van der Waals surface area contributed by atoms with Crippen molar-refractivity contribution in [2.75, 3.05) is 11.9 Å². The molecule has 98 valence electrons. The molecule has 1 aliphatic rings. The van der Waals surface area contributed by atoms with E-state index in [1.54, 1.807) is 6.92 Å². The summed E-state index contributed by atoms with van der Waals surface area (Å²) >= 11 is 0. The SMILES string of the molecule is Cc1nc(NCC2Cc3ccccc3O2)cc(=O)[nH]1. The molecule has 0 aliphatic carbocycles. The van der Waals surface area contributed by atoms with E-state index in [9.17, 15) is 4.79 Å².